The maximum Gasteiger partial charge on any atom is 0.408 e. The summed E-state index contributed by atoms with van der Waals surface area (Å²) in [7, 11) is -3.97. The van der Waals surface area contributed by atoms with Crippen molar-refractivity contribution in [3.63, 3.8) is 0 Å². The number of halogens is 1. The van der Waals surface area contributed by atoms with E-state index in [0.717, 1.165) is 12.1 Å². The van der Waals surface area contributed by atoms with Crippen molar-refractivity contribution in [2.45, 2.75) is 70.0 Å². The van der Waals surface area contributed by atoms with Crippen molar-refractivity contribution in [1.82, 2.24) is 10.0 Å². The summed E-state index contributed by atoms with van der Waals surface area (Å²) in [4.78, 5) is 25.7. The number of nitrogens with one attached hydrogen (secondary N) is 3. The van der Waals surface area contributed by atoms with Crippen LogP contribution < -0.4 is 15.4 Å². The summed E-state index contributed by atoms with van der Waals surface area (Å²) in [5.41, 5.74) is 0.468. The van der Waals surface area contributed by atoms with Gasteiger partial charge in [0.15, 0.2) is 0 Å². The SMILES string of the molecule is CC(C)(C)NS(=O)(=O)c1ccc(F)cc1-c1ccc(NC(=O)[C@H](Cc2cccc(C#N)c2)NC(=O)OC(C)(C)C)cc1. The Bertz CT molecular complexity index is 1600. The molecule has 2 amide bonds. The van der Waals surface area contributed by atoms with E-state index in [0.29, 0.717) is 22.4 Å². The molecule has 0 spiro atoms. The number of ether oxygens (including phenoxy) is 1. The van der Waals surface area contributed by atoms with E-state index in [1.54, 1.807) is 90.1 Å². The molecule has 222 valence electrons. The van der Waals surface area contributed by atoms with Crippen LogP contribution in [-0.2, 0) is 26.0 Å². The van der Waals surface area contributed by atoms with E-state index in [2.05, 4.69) is 21.4 Å². The predicted molar refractivity (Wildman–Crippen MR) is 159 cm³/mol. The third kappa shape index (κ3) is 9.39. The summed E-state index contributed by atoms with van der Waals surface area (Å²) in [6.45, 7) is 10.2. The molecule has 0 radical (unpaired) electrons. The van der Waals surface area contributed by atoms with Gasteiger partial charge in [-0.1, -0.05) is 24.3 Å². The Morgan fingerprint density at radius 3 is 2.24 bits per heavy atom. The fourth-order valence-corrected chi connectivity index (χ4v) is 5.67. The molecular weight excluding hydrogens is 559 g/mol. The zero-order chi connectivity index (χ0) is 31.3. The number of amides is 2. The molecule has 3 aromatic rings. The van der Waals surface area contributed by atoms with Gasteiger partial charge in [-0.2, -0.15) is 5.26 Å². The number of sulfonamides is 1. The first-order valence-electron chi connectivity index (χ1n) is 13.2. The van der Waals surface area contributed by atoms with Crippen molar-refractivity contribution in [1.29, 1.82) is 5.26 Å². The van der Waals surface area contributed by atoms with Crippen molar-refractivity contribution in [3.05, 3.63) is 83.7 Å². The Morgan fingerprint density at radius 1 is 0.976 bits per heavy atom. The number of anilines is 1. The van der Waals surface area contributed by atoms with Gasteiger partial charge >= 0.3 is 6.09 Å². The Morgan fingerprint density at radius 2 is 1.64 bits per heavy atom. The Hall–Kier alpha value is -4.27. The maximum absolute atomic E-state index is 14.2. The van der Waals surface area contributed by atoms with Crippen LogP contribution in [0.2, 0.25) is 0 Å². The van der Waals surface area contributed by atoms with Gasteiger partial charge in [0.2, 0.25) is 15.9 Å². The molecule has 42 heavy (non-hydrogen) atoms. The molecule has 0 unspecified atom stereocenters. The van der Waals surface area contributed by atoms with Crippen molar-refractivity contribution in [3.8, 4) is 17.2 Å². The fourth-order valence-electron chi connectivity index (χ4n) is 4.05. The molecule has 0 aliphatic rings. The number of carbonyl (C=O) groups excluding carboxylic acids is 2. The minimum Gasteiger partial charge on any atom is -0.444 e. The second-order valence-electron chi connectivity index (χ2n) is 11.8. The summed E-state index contributed by atoms with van der Waals surface area (Å²) < 4.78 is 48.2. The van der Waals surface area contributed by atoms with Crippen LogP contribution in [0.25, 0.3) is 11.1 Å². The number of benzene rings is 3. The van der Waals surface area contributed by atoms with Crippen LogP contribution in [-0.4, -0.2) is 37.6 Å². The van der Waals surface area contributed by atoms with Crippen LogP contribution in [0.5, 0.6) is 0 Å². The molecule has 11 heteroatoms. The second-order valence-corrected chi connectivity index (χ2v) is 13.4. The van der Waals surface area contributed by atoms with Gasteiger partial charge in [-0.3, -0.25) is 4.79 Å². The Balaban J connectivity index is 1.87. The monoisotopic (exact) mass is 594 g/mol. The minimum atomic E-state index is -3.97. The van der Waals surface area contributed by atoms with Gasteiger partial charge in [-0.05, 0) is 95.1 Å². The Kier molecular flexibility index (Phi) is 9.76. The summed E-state index contributed by atoms with van der Waals surface area (Å²) in [5, 5.41) is 14.6. The van der Waals surface area contributed by atoms with Crippen molar-refractivity contribution in [2.24, 2.45) is 0 Å². The number of alkyl carbamates (subject to hydrolysis) is 1. The number of hydrogen-bond acceptors (Lipinski definition) is 6. The van der Waals surface area contributed by atoms with Crippen molar-refractivity contribution in [2.75, 3.05) is 5.32 Å². The van der Waals surface area contributed by atoms with Gasteiger partial charge in [-0.15, -0.1) is 0 Å². The Labute approximate surface area is 246 Å². The molecular formula is C31H35FN4O5S. The molecule has 0 fully saturated rings. The second kappa shape index (κ2) is 12.7. The molecule has 3 N–H and O–H groups in total. The summed E-state index contributed by atoms with van der Waals surface area (Å²) in [5.74, 6) is -1.15. The fraction of sp³-hybridized carbons (Fsp3) is 0.323. The zero-order valence-electron chi connectivity index (χ0n) is 24.4. The number of hydrogen-bond donors (Lipinski definition) is 3. The molecule has 1 atom stereocenters. The van der Waals surface area contributed by atoms with Gasteiger partial charge in [0.25, 0.3) is 0 Å². The molecule has 0 heterocycles. The lowest BCUT2D eigenvalue weighted by Gasteiger charge is -2.23. The highest BCUT2D eigenvalue weighted by atomic mass is 32.2. The molecule has 9 nitrogen and oxygen atoms in total. The van der Waals surface area contributed by atoms with Crippen molar-refractivity contribution >= 4 is 27.7 Å². The highest BCUT2D eigenvalue weighted by Crippen LogP contribution is 2.30. The van der Waals surface area contributed by atoms with Gasteiger partial charge in [0, 0.05) is 23.2 Å². The van der Waals surface area contributed by atoms with Crippen LogP contribution >= 0.6 is 0 Å². The summed E-state index contributed by atoms with van der Waals surface area (Å²) >= 11 is 0. The molecule has 0 saturated carbocycles. The lowest BCUT2D eigenvalue weighted by molar-refractivity contribution is -0.118. The van der Waals surface area contributed by atoms with E-state index in [1.165, 1.54) is 6.07 Å². The van der Waals surface area contributed by atoms with Crippen molar-refractivity contribution < 1.29 is 27.1 Å². The molecule has 3 rings (SSSR count). The van der Waals surface area contributed by atoms with Crippen LogP contribution in [0.15, 0.2) is 71.6 Å². The standard InChI is InChI=1S/C31H35FN4O5S/c1-30(2,3)36-42(39,40)27-15-12-23(32)18-25(27)22-10-13-24(14-11-22)34-28(37)26(35-29(38)41-31(4,5)6)17-20-8-7-9-21(16-20)19-33/h7-16,18,26,36H,17H2,1-6H3,(H,34,37)(H,35,38)/t26-/m0/s1. The van der Waals surface area contributed by atoms with Gasteiger partial charge in [0.1, 0.15) is 17.5 Å². The van der Waals surface area contributed by atoms with Crippen LogP contribution in [0, 0.1) is 17.1 Å². The summed E-state index contributed by atoms with van der Waals surface area (Å²) in [6.07, 6.45) is -0.692. The molecule has 0 aromatic heterocycles. The number of nitrogens with zero attached hydrogens (tertiary/aromatic N) is 1. The van der Waals surface area contributed by atoms with Crippen LogP contribution in [0.3, 0.4) is 0 Å². The highest BCUT2D eigenvalue weighted by Gasteiger charge is 2.27. The van der Waals surface area contributed by atoms with E-state index < -0.39 is 45.0 Å². The molecule has 0 saturated heterocycles. The first-order chi connectivity index (χ1) is 19.5. The third-order valence-electron chi connectivity index (χ3n) is 5.64. The first-order valence-corrected chi connectivity index (χ1v) is 14.7. The average Bonchev–Trinajstić information content (AvgIpc) is 2.86. The normalized spacial score (nSPS) is 12.6. The average molecular weight is 595 g/mol. The molecule has 0 bridgehead atoms. The van der Waals surface area contributed by atoms with Gasteiger partial charge in [0.05, 0.1) is 16.5 Å². The molecule has 0 aliphatic heterocycles. The van der Waals surface area contributed by atoms with Crippen LogP contribution in [0.1, 0.15) is 52.7 Å². The van der Waals surface area contributed by atoms with E-state index >= 15 is 0 Å². The maximum atomic E-state index is 14.2. The third-order valence-corrected chi connectivity index (χ3v) is 7.45. The number of rotatable bonds is 8. The van der Waals surface area contributed by atoms with E-state index in [-0.39, 0.29) is 16.9 Å². The zero-order valence-corrected chi connectivity index (χ0v) is 25.2. The lowest BCUT2D eigenvalue weighted by Crippen LogP contribution is -2.47. The highest BCUT2D eigenvalue weighted by molar-refractivity contribution is 7.89. The molecule has 0 aliphatic carbocycles. The lowest BCUT2D eigenvalue weighted by atomic mass is 10.0. The van der Waals surface area contributed by atoms with Gasteiger partial charge < -0.3 is 15.4 Å². The van der Waals surface area contributed by atoms with E-state index in [9.17, 15) is 27.7 Å². The van der Waals surface area contributed by atoms with Gasteiger partial charge in [-0.25, -0.2) is 22.3 Å². The molecule has 3 aromatic carbocycles. The largest absolute Gasteiger partial charge is 0.444 e. The number of nitriles is 1. The topological polar surface area (TPSA) is 137 Å². The first kappa shape index (κ1) is 32.2. The van der Waals surface area contributed by atoms with E-state index in [4.69, 9.17) is 4.74 Å². The quantitative estimate of drug-likeness (QED) is 0.314. The summed E-state index contributed by atoms with van der Waals surface area (Å²) in [6, 6.07) is 17.4. The predicted octanol–water partition coefficient (Wildman–Crippen LogP) is 5.52. The number of carbonyl (C=O) groups is 2. The van der Waals surface area contributed by atoms with E-state index in [1.807, 2.05) is 0 Å². The van der Waals surface area contributed by atoms with Crippen LogP contribution in [0.4, 0.5) is 14.9 Å². The minimum absolute atomic E-state index is 0.0863. The smallest absolute Gasteiger partial charge is 0.408 e.